The summed E-state index contributed by atoms with van der Waals surface area (Å²) in [4.78, 5) is 10.5. The number of hydrogen-bond donors (Lipinski definition) is 0. The Morgan fingerprint density at radius 2 is 1.40 bits per heavy atom. The van der Waals surface area contributed by atoms with Crippen molar-refractivity contribution in [3.8, 4) is 0 Å². The van der Waals surface area contributed by atoms with E-state index in [1.165, 1.54) is 0 Å². The fraction of sp³-hybridized carbons (Fsp3) is 0.125. The van der Waals surface area contributed by atoms with Crippen molar-refractivity contribution in [3.05, 3.63) is 35.1 Å². The molecule has 0 amide bonds. The fourth-order valence-electron chi connectivity index (χ4n) is 0.849. The molecule has 1 aromatic carbocycles. The smallest absolute Gasteiger partial charge is 0.284 e. The van der Waals surface area contributed by atoms with E-state index in [4.69, 9.17) is 0 Å². The lowest BCUT2D eigenvalue weighted by atomic mass is 10.1. The van der Waals surface area contributed by atoms with Gasteiger partial charge in [-0.15, -0.1) is 0 Å². The highest BCUT2D eigenvalue weighted by atomic mass is 19.4. The van der Waals surface area contributed by atoms with Crippen LogP contribution in [-0.4, -0.2) is 12.0 Å². The van der Waals surface area contributed by atoms with Crippen molar-refractivity contribution in [1.82, 2.24) is 0 Å². The second-order valence-corrected chi connectivity index (χ2v) is 2.57. The standard InChI is InChI=1S/C8H2F6O/c9-4-2-6(11)5(10)1-3(4)7(15)8(12,13)14/h1-2H. The third kappa shape index (κ3) is 2.28. The van der Waals surface area contributed by atoms with Crippen molar-refractivity contribution in [2.45, 2.75) is 6.18 Å². The first-order valence-corrected chi connectivity index (χ1v) is 3.49. The summed E-state index contributed by atoms with van der Waals surface area (Å²) in [6.07, 6.45) is -5.33. The molecule has 0 aliphatic rings. The maximum absolute atomic E-state index is 12.7. The molecule has 0 unspecified atom stereocenters. The van der Waals surface area contributed by atoms with Crippen LogP contribution in [0.25, 0.3) is 0 Å². The maximum Gasteiger partial charge on any atom is 0.454 e. The minimum absolute atomic E-state index is 0.117. The molecule has 0 heterocycles. The number of carbonyl (C=O) groups is 1. The number of benzene rings is 1. The Balaban J connectivity index is 3.28. The molecule has 0 aliphatic heterocycles. The molecule has 0 bridgehead atoms. The van der Waals surface area contributed by atoms with Crippen LogP contribution in [0.2, 0.25) is 0 Å². The molecule has 0 fully saturated rings. The first kappa shape index (κ1) is 11.5. The van der Waals surface area contributed by atoms with E-state index in [-0.39, 0.29) is 12.1 Å². The summed E-state index contributed by atoms with van der Waals surface area (Å²) in [6.45, 7) is 0. The highest BCUT2D eigenvalue weighted by molar-refractivity contribution is 6.00. The van der Waals surface area contributed by atoms with Gasteiger partial charge in [0.1, 0.15) is 5.82 Å². The van der Waals surface area contributed by atoms with Crippen LogP contribution in [0, 0.1) is 17.5 Å². The van der Waals surface area contributed by atoms with Gasteiger partial charge in [0.25, 0.3) is 5.78 Å². The van der Waals surface area contributed by atoms with Gasteiger partial charge >= 0.3 is 6.18 Å². The Hall–Kier alpha value is -1.53. The molecule has 0 aromatic heterocycles. The van der Waals surface area contributed by atoms with Crippen LogP contribution < -0.4 is 0 Å². The molecule has 15 heavy (non-hydrogen) atoms. The summed E-state index contributed by atoms with van der Waals surface area (Å²) in [6, 6.07) is -0.241. The minimum atomic E-state index is -5.33. The van der Waals surface area contributed by atoms with Crippen LogP contribution in [0.3, 0.4) is 0 Å². The number of alkyl halides is 3. The lowest BCUT2D eigenvalue weighted by Crippen LogP contribution is -2.24. The predicted molar refractivity (Wildman–Crippen MR) is 36.7 cm³/mol. The first-order chi connectivity index (χ1) is 6.73. The van der Waals surface area contributed by atoms with E-state index in [0.29, 0.717) is 0 Å². The van der Waals surface area contributed by atoms with Gasteiger partial charge in [0, 0.05) is 6.07 Å². The summed E-state index contributed by atoms with van der Waals surface area (Å²) in [7, 11) is 0. The molecule has 7 heteroatoms. The van der Waals surface area contributed by atoms with Crippen molar-refractivity contribution in [1.29, 1.82) is 0 Å². The Morgan fingerprint density at radius 3 is 1.87 bits per heavy atom. The van der Waals surface area contributed by atoms with Gasteiger partial charge in [-0.2, -0.15) is 13.2 Å². The second-order valence-electron chi connectivity index (χ2n) is 2.57. The number of rotatable bonds is 1. The second kappa shape index (κ2) is 3.56. The van der Waals surface area contributed by atoms with Gasteiger partial charge in [-0.25, -0.2) is 13.2 Å². The van der Waals surface area contributed by atoms with Gasteiger partial charge in [-0.05, 0) is 6.07 Å². The summed E-state index contributed by atoms with van der Waals surface area (Å²) in [5, 5.41) is 0. The van der Waals surface area contributed by atoms with E-state index in [1.807, 2.05) is 0 Å². The van der Waals surface area contributed by atoms with Crippen LogP contribution in [0.1, 0.15) is 10.4 Å². The summed E-state index contributed by atoms with van der Waals surface area (Å²) in [5.74, 6) is -7.69. The largest absolute Gasteiger partial charge is 0.454 e. The van der Waals surface area contributed by atoms with Crippen LogP contribution in [0.15, 0.2) is 12.1 Å². The van der Waals surface area contributed by atoms with Gasteiger partial charge < -0.3 is 0 Å². The Kier molecular flexibility index (Phi) is 2.74. The molecule has 0 spiro atoms. The maximum atomic E-state index is 12.7. The zero-order valence-electron chi connectivity index (χ0n) is 6.83. The Labute approximate surface area is 79.3 Å². The van der Waals surface area contributed by atoms with Crippen molar-refractivity contribution in [2.75, 3.05) is 0 Å². The molecule has 0 N–H and O–H groups in total. The Morgan fingerprint density at radius 1 is 0.933 bits per heavy atom. The van der Waals surface area contributed by atoms with E-state index in [0.717, 1.165) is 0 Å². The number of carbonyl (C=O) groups excluding carboxylic acids is 1. The van der Waals surface area contributed by atoms with Crippen molar-refractivity contribution >= 4 is 5.78 Å². The van der Waals surface area contributed by atoms with Crippen LogP contribution >= 0.6 is 0 Å². The van der Waals surface area contributed by atoms with Gasteiger partial charge in [0.2, 0.25) is 0 Å². The van der Waals surface area contributed by atoms with Gasteiger partial charge in [0.05, 0.1) is 5.56 Å². The monoisotopic (exact) mass is 228 g/mol. The van der Waals surface area contributed by atoms with E-state index in [1.54, 1.807) is 0 Å². The van der Waals surface area contributed by atoms with E-state index in [9.17, 15) is 31.1 Å². The minimum Gasteiger partial charge on any atom is -0.284 e. The molecule has 1 rings (SSSR count). The van der Waals surface area contributed by atoms with Gasteiger partial charge in [-0.3, -0.25) is 4.79 Å². The van der Waals surface area contributed by atoms with Gasteiger partial charge in [-0.1, -0.05) is 0 Å². The molecular weight excluding hydrogens is 226 g/mol. The van der Waals surface area contributed by atoms with Crippen LogP contribution in [0.5, 0.6) is 0 Å². The Bertz CT molecular complexity index is 408. The average molecular weight is 228 g/mol. The molecule has 0 aliphatic carbocycles. The number of hydrogen-bond acceptors (Lipinski definition) is 1. The third-order valence-electron chi connectivity index (χ3n) is 1.51. The average Bonchev–Trinajstić information content (AvgIpc) is 2.08. The SMILES string of the molecule is O=C(c1cc(F)c(F)cc1F)C(F)(F)F. The van der Waals surface area contributed by atoms with E-state index < -0.39 is 35.0 Å². The number of ketones is 1. The van der Waals surface area contributed by atoms with Crippen LogP contribution in [-0.2, 0) is 0 Å². The zero-order chi connectivity index (χ0) is 11.8. The zero-order valence-corrected chi connectivity index (χ0v) is 6.83. The first-order valence-electron chi connectivity index (χ1n) is 3.49. The molecule has 1 aromatic rings. The predicted octanol–water partition coefficient (Wildman–Crippen LogP) is 2.85. The van der Waals surface area contributed by atoms with Gasteiger partial charge in [0.15, 0.2) is 11.6 Å². The van der Waals surface area contributed by atoms with Crippen molar-refractivity contribution < 1.29 is 31.1 Å². The normalized spacial score (nSPS) is 11.6. The molecule has 0 saturated carbocycles. The highest BCUT2D eigenvalue weighted by Crippen LogP contribution is 2.24. The third-order valence-corrected chi connectivity index (χ3v) is 1.51. The number of Topliss-reactive ketones (excluding diaryl/α,β-unsaturated/α-hetero) is 1. The lowest BCUT2D eigenvalue weighted by Gasteiger charge is -2.06. The molecule has 82 valence electrons. The topological polar surface area (TPSA) is 17.1 Å². The molecule has 0 saturated heterocycles. The molecular formula is C8H2F6O. The summed E-state index contributed by atoms with van der Waals surface area (Å²) < 4.78 is 72.9. The molecule has 0 radical (unpaired) electrons. The quantitative estimate of drug-likeness (QED) is 0.410. The summed E-state index contributed by atoms with van der Waals surface area (Å²) >= 11 is 0. The van der Waals surface area contributed by atoms with E-state index >= 15 is 0 Å². The lowest BCUT2D eigenvalue weighted by molar-refractivity contribution is -0.0887. The highest BCUT2D eigenvalue weighted by Gasteiger charge is 2.41. The van der Waals surface area contributed by atoms with Crippen molar-refractivity contribution in [3.63, 3.8) is 0 Å². The summed E-state index contributed by atoms with van der Waals surface area (Å²) in [5.41, 5.74) is -1.54. The number of halogens is 6. The van der Waals surface area contributed by atoms with Crippen molar-refractivity contribution in [2.24, 2.45) is 0 Å². The molecule has 0 atom stereocenters. The van der Waals surface area contributed by atoms with E-state index in [2.05, 4.69) is 0 Å². The fourth-order valence-corrected chi connectivity index (χ4v) is 0.849. The molecule has 1 nitrogen and oxygen atoms in total. The van der Waals surface area contributed by atoms with Crippen LogP contribution in [0.4, 0.5) is 26.3 Å².